The summed E-state index contributed by atoms with van der Waals surface area (Å²) in [6, 6.07) is 0. The largest absolute Gasteiger partial charge is 0.380 e. The highest BCUT2D eigenvalue weighted by atomic mass is 32.2. The Morgan fingerprint density at radius 1 is 1.25 bits per heavy atom. The van der Waals surface area contributed by atoms with E-state index in [2.05, 4.69) is 0 Å². The van der Waals surface area contributed by atoms with Gasteiger partial charge in [0.2, 0.25) is 0 Å². The Morgan fingerprint density at radius 2 is 1.75 bits per heavy atom. The summed E-state index contributed by atoms with van der Waals surface area (Å²) in [7, 11) is -2.99. The fraction of sp³-hybridized carbons (Fsp3) is 1.00. The first kappa shape index (κ1) is 11.9. The summed E-state index contributed by atoms with van der Waals surface area (Å²) in [5, 5.41) is 0. The van der Waals surface area contributed by atoms with Crippen molar-refractivity contribution in [1.82, 2.24) is 0 Å². The van der Waals surface area contributed by atoms with Crippen molar-refractivity contribution < 1.29 is 13.2 Å². The second-order valence-electron chi connectivity index (χ2n) is 3.30. The van der Waals surface area contributed by atoms with Crippen LogP contribution in [0.5, 0.6) is 0 Å². The van der Waals surface area contributed by atoms with Gasteiger partial charge >= 0.3 is 0 Å². The second-order valence-corrected chi connectivity index (χ2v) is 6.21. The summed E-state index contributed by atoms with van der Waals surface area (Å²) in [5.41, 5.74) is 0. The molecule has 0 unspecified atom stereocenters. The predicted octanol–water partition coefficient (Wildman–Crippen LogP) is 1.24. The molecule has 0 aromatic rings. The fourth-order valence-electron chi connectivity index (χ4n) is 0.828. The molecule has 0 atom stereocenters. The molecule has 0 rings (SSSR count). The highest BCUT2D eigenvalue weighted by molar-refractivity contribution is 7.92. The molecule has 0 fully saturated rings. The molecule has 0 spiro atoms. The van der Waals surface area contributed by atoms with E-state index in [9.17, 15) is 8.42 Å². The average molecular weight is 194 g/mol. The van der Waals surface area contributed by atoms with Crippen LogP contribution in [-0.2, 0) is 14.6 Å². The quantitative estimate of drug-likeness (QED) is 0.661. The summed E-state index contributed by atoms with van der Waals surface area (Å²) in [5.74, 6) is 0.174. The molecular weight excluding hydrogens is 176 g/mol. The van der Waals surface area contributed by atoms with Gasteiger partial charge in [-0.1, -0.05) is 6.92 Å². The number of rotatable bonds is 5. The molecule has 0 heterocycles. The van der Waals surface area contributed by atoms with Crippen molar-refractivity contribution in [3.05, 3.63) is 0 Å². The second kappa shape index (κ2) is 4.23. The van der Waals surface area contributed by atoms with Gasteiger partial charge in [0.05, 0.1) is 11.4 Å². The Bertz CT molecular complexity index is 216. The first-order chi connectivity index (χ1) is 5.37. The first-order valence-electron chi connectivity index (χ1n) is 4.17. The molecule has 0 saturated heterocycles. The Morgan fingerprint density at radius 3 is 2.08 bits per heavy atom. The molecule has 0 aromatic heterocycles. The summed E-state index contributed by atoms with van der Waals surface area (Å²) in [4.78, 5) is 0. The Kier molecular flexibility index (Phi) is 4.20. The Balaban J connectivity index is 4.39. The number of hydrogen-bond donors (Lipinski definition) is 0. The molecule has 0 radical (unpaired) electrons. The van der Waals surface area contributed by atoms with Gasteiger partial charge in [-0.25, -0.2) is 8.42 Å². The predicted molar refractivity (Wildman–Crippen MR) is 50.0 cm³/mol. The SMILES string of the molecule is CCOCC(C)(C)S(=O)(=O)CC. The van der Waals surface area contributed by atoms with Crippen LogP contribution in [-0.4, -0.2) is 32.1 Å². The van der Waals surface area contributed by atoms with E-state index in [4.69, 9.17) is 4.74 Å². The van der Waals surface area contributed by atoms with Gasteiger partial charge in [-0.2, -0.15) is 0 Å². The van der Waals surface area contributed by atoms with Gasteiger partial charge < -0.3 is 4.74 Å². The van der Waals surface area contributed by atoms with Crippen LogP contribution in [0.15, 0.2) is 0 Å². The monoisotopic (exact) mass is 194 g/mol. The summed E-state index contributed by atoms with van der Waals surface area (Å²) >= 11 is 0. The van der Waals surface area contributed by atoms with Crippen molar-refractivity contribution in [3.63, 3.8) is 0 Å². The van der Waals surface area contributed by atoms with Crippen molar-refractivity contribution in [2.45, 2.75) is 32.4 Å². The minimum Gasteiger partial charge on any atom is -0.380 e. The Hall–Kier alpha value is -0.0900. The maximum absolute atomic E-state index is 11.4. The minimum atomic E-state index is -2.99. The van der Waals surface area contributed by atoms with Crippen molar-refractivity contribution in [2.75, 3.05) is 19.0 Å². The van der Waals surface area contributed by atoms with Gasteiger partial charge in [-0.15, -0.1) is 0 Å². The van der Waals surface area contributed by atoms with Crippen molar-refractivity contribution in [1.29, 1.82) is 0 Å². The lowest BCUT2D eigenvalue weighted by molar-refractivity contribution is 0.129. The molecular formula is C8H18O3S. The van der Waals surface area contributed by atoms with Crippen molar-refractivity contribution in [3.8, 4) is 0 Å². The van der Waals surface area contributed by atoms with Gasteiger partial charge in [0.25, 0.3) is 0 Å². The van der Waals surface area contributed by atoms with E-state index in [0.29, 0.717) is 6.61 Å². The minimum absolute atomic E-state index is 0.174. The standard InChI is InChI=1S/C8H18O3S/c1-5-11-7-8(3,4)12(9,10)6-2/h5-7H2,1-4H3. The van der Waals surface area contributed by atoms with Crippen LogP contribution in [0.3, 0.4) is 0 Å². The summed E-state index contributed by atoms with van der Waals surface area (Å²) < 4.78 is 27.2. The third-order valence-electron chi connectivity index (χ3n) is 1.88. The molecule has 0 saturated carbocycles. The van der Waals surface area contributed by atoms with Crippen LogP contribution in [0.25, 0.3) is 0 Å². The van der Waals surface area contributed by atoms with E-state index in [1.807, 2.05) is 6.92 Å². The normalized spacial score (nSPS) is 13.3. The molecule has 12 heavy (non-hydrogen) atoms. The molecule has 0 amide bonds. The topological polar surface area (TPSA) is 43.4 Å². The zero-order chi connectivity index (χ0) is 9.83. The smallest absolute Gasteiger partial charge is 0.157 e. The average Bonchev–Trinajstić information content (AvgIpc) is 2.00. The first-order valence-corrected chi connectivity index (χ1v) is 5.82. The zero-order valence-electron chi connectivity index (χ0n) is 8.25. The van der Waals surface area contributed by atoms with E-state index in [-0.39, 0.29) is 12.4 Å². The molecule has 0 bridgehead atoms. The van der Waals surface area contributed by atoms with Gasteiger partial charge in [0.15, 0.2) is 9.84 Å². The van der Waals surface area contributed by atoms with Crippen LogP contribution in [0.4, 0.5) is 0 Å². The van der Waals surface area contributed by atoms with Gasteiger partial charge in [0, 0.05) is 12.4 Å². The molecule has 0 N–H and O–H groups in total. The fourth-order valence-corrected chi connectivity index (χ4v) is 1.87. The number of hydrogen-bond acceptors (Lipinski definition) is 3. The molecule has 0 aliphatic heterocycles. The highest BCUT2D eigenvalue weighted by Gasteiger charge is 2.32. The highest BCUT2D eigenvalue weighted by Crippen LogP contribution is 2.17. The van der Waals surface area contributed by atoms with E-state index in [1.54, 1.807) is 20.8 Å². The Labute approximate surface area is 75.0 Å². The van der Waals surface area contributed by atoms with Crippen LogP contribution < -0.4 is 0 Å². The summed E-state index contributed by atoms with van der Waals surface area (Å²) in [6.07, 6.45) is 0. The third kappa shape index (κ3) is 2.75. The number of sulfone groups is 1. The van der Waals surface area contributed by atoms with E-state index >= 15 is 0 Å². The van der Waals surface area contributed by atoms with E-state index in [0.717, 1.165) is 0 Å². The van der Waals surface area contributed by atoms with Crippen molar-refractivity contribution in [2.24, 2.45) is 0 Å². The van der Waals surface area contributed by atoms with Crippen molar-refractivity contribution >= 4 is 9.84 Å². The molecule has 4 heteroatoms. The van der Waals surface area contributed by atoms with Crippen LogP contribution in [0.1, 0.15) is 27.7 Å². The molecule has 0 aromatic carbocycles. The molecule has 0 aliphatic rings. The van der Waals surface area contributed by atoms with Crippen LogP contribution in [0, 0.1) is 0 Å². The molecule has 74 valence electrons. The van der Waals surface area contributed by atoms with Gasteiger partial charge in [-0.05, 0) is 20.8 Å². The van der Waals surface area contributed by atoms with Crippen LogP contribution >= 0.6 is 0 Å². The van der Waals surface area contributed by atoms with Gasteiger partial charge in [0.1, 0.15) is 0 Å². The third-order valence-corrected chi connectivity index (χ3v) is 4.44. The van der Waals surface area contributed by atoms with Gasteiger partial charge in [-0.3, -0.25) is 0 Å². The maximum atomic E-state index is 11.4. The number of ether oxygens (including phenoxy) is 1. The summed E-state index contributed by atoms with van der Waals surface area (Å²) in [6.45, 7) is 7.74. The molecule has 0 aliphatic carbocycles. The lowest BCUT2D eigenvalue weighted by Gasteiger charge is -2.23. The lowest BCUT2D eigenvalue weighted by atomic mass is 10.2. The van der Waals surface area contributed by atoms with E-state index < -0.39 is 14.6 Å². The maximum Gasteiger partial charge on any atom is 0.157 e. The molecule has 3 nitrogen and oxygen atoms in total. The zero-order valence-corrected chi connectivity index (χ0v) is 9.07. The van der Waals surface area contributed by atoms with Crippen LogP contribution in [0.2, 0.25) is 0 Å². The lowest BCUT2D eigenvalue weighted by Crippen LogP contribution is -2.38. The van der Waals surface area contributed by atoms with E-state index in [1.165, 1.54) is 0 Å².